The molecule has 1 aromatic carbocycles. The Morgan fingerprint density at radius 1 is 1.03 bits per heavy atom. The van der Waals surface area contributed by atoms with Gasteiger partial charge in [-0.3, -0.25) is 24.6 Å². The first kappa shape index (κ1) is 20.5. The lowest BCUT2D eigenvalue weighted by molar-refractivity contribution is -0.136. The molecular weight excluding hydrogens is 394 g/mol. The highest BCUT2D eigenvalue weighted by molar-refractivity contribution is 6.05. The topological polar surface area (TPSA) is 79.0 Å². The van der Waals surface area contributed by atoms with Crippen molar-refractivity contribution < 1.29 is 19.1 Å². The number of nitrogens with one attached hydrogen (secondary N) is 1. The number of nitrogens with zero attached hydrogens (tertiary/aromatic N) is 2. The standard InChI is InChI=1S/C24H31N3O4/c1-15-9-11-26(12-10-15)19-3-2-4-21(19)31-17-5-6-18-16(13-17)14-27(24(18)30)20-7-8-22(28)25-23(20)29/h5-6,13,15,19-21H,2-4,7-12,14H2,1H3,(H,25,28,29)/t19-,20?,21-/m0/s1. The van der Waals surface area contributed by atoms with E-state index in [2.05, 4.69) is 17.1 Å². The highest BCUT2D eigenvalue weighted by atomic mass is 16.5. The summed E-state index contributed by atoms with van der Waals surface area (Å²) in [6, 6.07) is 5.57. The summed E-state index contributed by atoms with van der Waals surface area (Å²) in [5.74, 6) is 0.837. The van der Waals surface area contributed by atoms with E-state index in [-0.39, 0.29) is 30.2 Å². The van der Waals surface area contributed by atoms with Crippen LogP contribution in [0.4, 0.5) is 0 Å². The van der Waals surface area contributed by atoms with Crippen molar-refractivity contribution in [3.05, 3.63) is 29.3 Å². The zero-order valence-electron chi connectivity index (χ0n) is 18.1. The van der Waals surface area contributed by atoms with E-state index in [1.165, 1.54) is 25.7 Å². The molecule has 3 amide bonds. The number of ether oxygens (including phenoxy) is 1. The number of benzene rings is 1. The molecule has 2 saturated heterocycles. The average molecular weight is 426 g/mol. The van der Waals surface area contributed by atoms with E-state index in [0.717, 1.165) is 36.7 Å². The maximum absolute atomic E-state index is 12.9. The quantitative estimate of drug-likeness (QED) is 0.750. The predicted molar refractivity (Wildman–Crippen MR) is 115 cm³/mol. The van der Waals surface area contributed by atoms with Crippen LogP contribution < -0.4 is 10.1 Å². The van der Waals surface area contributed by atoms with Gasteiger partial charge >= 0.3 is 0 Å². The Kier molecular flexibility index (Phi) is 5.46. The van der Waals surface area contributed by atoms with Crippen molar-refractivity contribution in [3.63, 3.8) is 0 Å². The van der Waals surface area contributed by atoms with Crippen molar-refractivity contribution in [3.8, 4) is 5.75 Å². The van der Waals surface area contributed by atoms with Gasteiger partial charge in [0.2, 0.25) is 11.8 Å². The third-order valence-corrected chi connectivity index (χ3v) is 7.49. The zero-order chi connectivity index (χ0) is 21.5. The first-order valence-electron chi connectivity index (χ1n) is 11.7. The summed E-state index contributed by atoms with van der Waals surface area (Å²) in [6.07, 6.45) is 6.81. The molecule has 0 radical (unpaired) electrons. The molecule has 1 aliphatic carbocycles. The van der Waals surface area contributed by atoms with Gasteiger partial charge in [0, 0.05) is 24.6 Å². The molecule has 0 bridgehead atoms. The molecule has 3 fully saturated rings. The SMILES string of the molecule is CC1CCN([C@H]2CCC[C@@H]2Oc2ccc3c(c2)CN(C2CCC(=O)NC2=O)C3=O)CC1. The van der Waals surface area contributed by atoms with Crippen LogP contribution in [0.25, 0.3) is 0 Å². The number of likely N-dealkylation sites (tertiary alicyclic amines) is 1. The Balaban J connectivity index is 1.27. The number of fused-ring (bicyclic) bond motifs is 1. The number of rotatable bonds is 4. The monoisotopic (exact) mass is 425 g/mol. The Hall–Kier alpha value is -2.41. The number of imide groups is 1. The van der Waals surface area contributed by atoms with Gasteiger partial charge in [0.15, 0.2) is 0 Å². The first-order valence-corrected chi connectivity index (χ1v) is 11.7. The van der Waals surface area contributed by atoms with Crippen LogP contribution in [0.3, 0.4) is 0 Å². The summed E-state index contributed by atoms with van der Waals surface area (Å²) in [5, 5.41) is 2.35. The predicted octanol–water partition coefficient (Wildman–Crippen LogP) is 2.48. The van der Waals surface area contributed by atoms with Crippen LogP contribution >= 0.6 is 0 Å². The van der Waals surface area contributed by atoms with Gasteiger partial charge in [-0.25, -0.2) is 0 Å². The van der Waals surface area contributed by atoms with Crippen molar-refractivity contribution in [2.24, 2.45) is 5.92 Å². The van der Waals surface area contributed by atoms with Crippen LogP contribution in [0.5, 0.6) is 5.75 Å². The molecule has 4 aliphatic rings. The van der Waals surface area contributed by atoms with Crippen molar-refractivity contribution in [2.45, 2.75) is 76.6 Å². The average Bonchev–Trinajstić information content (AvgIpc) is 3.33. The highest BCUT2D eigenvalue weighted by Crippen LogP contribution is 2.34. The second-order valence-corrected chi connectivity index (χ2v) is 9.59. The van der Waals surface area contributed by atoms with E-state index in [4.69, 9.17) is 4.74 Å². The summed E-state index contributed by atoms with van der Waals surface area (Å²) in [6.45, 7) is 5.04. The largest absolute Gasteiger partial charge is 0.489 e. The Morgan fingerprint density at radius 3 is 2.61 bits per heavy atom. The minimum absolute atomic E-state index is 0.141. The molecule has 0 aromatic heterocycles. The Bertz CT molecular complexity index is 893. The van der Waals surface area contributed by atoms with Gasteiger partial charge < -0.3 is 9.64 Å². The van der Waals surface area contributed by atoms with E-state index >= 15 is 0 Å². The van der Waals surface area contributed by atoms with E-state index in [1.54, 1.807) is 4.90 Å². The molecule has 3 aliphatic heterocycles. The molecule has 1 saturated carbocycles. The van der Waals surface area contributed by atoms with Gasteiger partial charge in [0.1, 0.15) is 17.9 Å². The van der Waals surface area contributed by atoms with E-state index in [0.29, 0.717) is 24.6 Å². The molecule has 7 nitrogen and oxygen atoms in total. The molecule has 7 heteroatoms. The van der Waals surface area contributed by atoms with Crippen molar-refractivity contribution >= 4 is 17.7 Å². The van der Waals surface area contributed by atoms with Crippen LogP contribution in [0.2, 0.25) is 0 Å². The maximum atomic E-state index is 12.9. The number of hydrogen-bond donors (Lipinski definition) is 1. The minimum atomic E-state index is -0.581. The fourth-order valence-corrected chi connectivity index (χ4v) is 5.62. The van der Waals surface area contributed by atoms with Crippen molar-refractivity contribution in [1.82, 2.24) is 15.1 Å². The zero-order valence-corrected chi connectivity index (χ0v) is 18.1. The normalized spacial score (nSPS) is 29.9. The van der Waals surface area contributed by atoms with Gasteiger partial charge in [-0.1, -0.05) is 6.92 Å². The van der Waals surface area contributed by atoms with Gasteiger partial charge in [-0.15, -0.1) is 0 Å². The van der Waals surface area contributed by atoms with Crippen LogP contribution in [-0.4, -0.2) is 58.8 Å². The molecule has 5 rings (SSSR count). The summed E-state index contributed by atoms with van der Waals surface area (Å²) in [5.41, 5.74) is 1.53. The molecule has 0 spiro atoms. The molecule has 3 heterocycles. The summed E-state index contributed by atoms with van der Waals surface area (Å²) >= 11 is 0. The molecule has 1 N–H and O–H groups in total. The van der Waals surface area contributed by atoms with Crippen molar-refractivity contribution in [1.29, 1.82) is 0 Å². The van der Waals surface area contributed by atoms with E-state index in [9.17, 15) is 14.4 Å². The fraction of sp³-hybridized carbons (Fsp3) is 0.625. The molecule has 166 valence electrons. The maximum Gasteiger partial charge on any atom is 0.255 e. The third-order valence-electron chi connectivity index (χ3n) is 7.49. The summed E-state index contributed by atoms with van der Waals surface area (Å²) < 4.78 is 6.45. The first-order chi connectivity index (χ1) is 15.0. The van der Waals surface area contributed by atoms with Crippen molar-refractivity contribution in [2.75, 3.05) is 13.1 Å². The second-order valence-electron chi connectivity index (χ2n) is 9.59. The van der Waals surface area contributed by atoms with Gasteiger partial charge in [0.05, 0.1) is 0 Å². The molecule has 1 aromatic rings. The lowest BCUT2D eigenvalue weighted by Gasteiger charge is -2.37. The molecule has 3 atom stereocenters. The third kappa shape index (κ3) is 3.95. The highest BCUT2D eigenvalue weighted by Gasteiger charge is 2.40. The van der Waals surface area contributed by atoms with Gasteiger partial charge in [0.25, 0.3) is 5.91 Å². The fourth-order valence-electron chi connectivity index (χ4n) is 5.62. The van der Waals surface area contributed by atoms with Crippen LogP contribution in [0, 0.1) is 5.92 Å². The number of carbonyl (C=O) groups is 3. The summed E-state index contributed by atoms with van der Waals surface area (Å²) in [4.78, 5) is 40.8. The van der Waals surface area contributed by atoms with Crippen LogP contribution in [-0.2, 0) is 16.1 Å². The van der Waals surface area contributed by atoms with Gasteiger partial charge in [-0.2, -0.15) is 0 Å². The second kappa shape index (κ2) is 8.26. The number of piperidine rings is 2. The lowest BCUT2D eigenvalue weighted by Crippen LogP contribution is -2.52. The number of hydrogen-bond acceptors (Lipinski definition) is 5. The van der Waals surface area contributed by atoms with Crippen LogP contribution in [0.1, 0.15) is 67.8 Å². The van der Waals surface area contributed by atoms with E-state index < -0.39 is 6.04 Å². The molecule has 1 unspecified atom stereocenters. The smallest absolute Gasteiger partial charge is 0.255 e. The van der Waals surface area contributed by atoms with Gasteiger partial charge in [-0.05, 0) is 81.3 Å². The lowest BCUT2D eigenvalue weighted by atomic mass is 9.97. The van der Waals surface area contributed by atoms with Crippen LogP contribution in [0.15, 0.2) is 18.2 Å². The summed E-state index contributed by atoms with van der Waals surface area (Å²) in [7, 11) is 0. The molecule has 31 heavy (non-hydrogen) atoms. The number of amides is 3. The molecular formula is C24H31N3O4. The number of carbonyl (C=O) groups excluding carboxylic acids is 3. The minimum Gasteiger partial charge on any atom is -0.489 e. The van der Waals surface area contributed by atoms with E-state index in [1.807, 2.05) is 18.2 Å². The Morgan fingerprint density at radius 2 is 1.84 bits per heavy atom. The Labute approximate surface area is 183 Å².